The van der Waals surface area contributed by atoms with Gasteiger partial charge in [-0.05, 0) is 6.42 Å². The molecule has 1 aliphatic rings. The molecule has 1 fully saturated rings. The van der Waals surface area contributed by atoms with E-state index in [0.717, 1.165) is 13.0 Å². The number of nitrogens with two attached hydrogens (primary N) is 1. The smallest absolute Gasteiger partial charge is 0.341 e. The number of fused-ring (bicyclic) bond motifs is 1. The van der Waals surface area contributed by atoms with Gasteiger partial charge in [0.05, 0.1) is 10.9 Å². The van der Waals surface area contributed by atoms with E-state index in [1.165, 1.54) is 23.7 Å². The second-order valence-electron chi connectivity index (χ2n) is 5.92. The summed E-state index contributed by atoms with van der Waals surface area (Å²) in [5.74, 6) is -0.556. The molecule has 3 aromatic rings. The van der Waals surface area contributed by atoms with Gasteiger partial charge in [-0.2, -0.15) is 0 Å². The molecule has 1 saturated heterocycles. The topological polar surface area (TPSA) is 114 Å². The van der Waals surface area contributed by atoms with E-state index in [-0.39, 0.29) is 29.4 Å². The number of hydrogen-bond donors (Lipinski definition) is 2. The maximum absolute atomic E-state index is 12.5. The van der Waals surface area contributed by atoms with Crippen molar-refractivity contribution in [1.82, 2.24) is 14.5 Å². The van der Waals surface area contributed by atoms with Crippen LogP contribution in [-0.4, -0.2) is 44.7 Å². The van der Waals surface area contributed by atoms with Gasteiger partial charge >= 0.3 is 5.97 Å². The number of pyridine rings is 2. The van der Waals surface area contributed by atoms with Gasteiger partial charge in [-0.3, -0.25) is 9.36 Å². The highest BCUT2D eigenvalue weighted by atomic mass is 35.5. The molecule has 1 atom stereocenters. The van der Waals surface area contributed by atoms with Gasteiger partial charge in [-0.15, -0.1) is 23.7 Å². The number of carboxylic acids is 1. The molecule has 0 radical (unpaired) electrons. The first-order valence-corrected chi connectivity index (χ1v) is 8.61. The Morgan fingerprint density at radius 3 is 2.81 bits per heavy atom. The number of hydrogen-bond acceptors (Lipinski definition) is 7. The molecule has 0 bridgehead atoms. The normalized spacial score (nSPS) is 16.7. The van der Waals surface area contributed by atoms with Crippen molar-refractivity contribution < 1.29 is 9.90 Å². The molecule has 0 aromatic carbocycles. The van der Waals surface area contributed by atoms with Crippen LogP contribution in [0.5, 0.6) is 0 Å². The summed E-state index contributed by atoms with van der Waals surface area (Å²) >= 11 is 1.36. The number of nitrogens with zero attached hydrogens (tertiary/aromatic N) is 4. The highest BCUT2D eigenvalue weighted by Gasteiger charge is 2.22. The number of rotatable bonds is 3. The zero-order valence-corrected chi connectivity index (χ0v) is 15.2. The fraction of sp³-hybridized carbons (Fsp3) is 0.250. The van der Waals surface area contributed by atoms with Gasteiger partial charge < -0.3 is 15.7 Å². The first-order chi connectivity index (χ1) is 12.0. The maximum atomic E-state index is 12.5. The predicted octanol–water partition coefficient (Wildman–Crippen LogP) is 1.50. The summed E-state index contributed by atoms with van der Waals surface area (Å²) in [6.07, 6.45) is 5.28. The Morgan fingerprint density at radius 1 is 1.38 bits per heavy atom. The van der Waals surface area contributed by atoms with Gasteiger partial charge in [0.1, 0.15) is 11.4 Å². The number of anilines is 1. The Balaban J connectivity index is 0.00000196. The monoisotopic (exact) mass is 393 g/mol. The highest BCUT2D eigenvalue weighted by Crippen LogP contribution is 2.24. The van der Waals surface area contributed by atoms with Gasteiger partial charge in [-0.25, -0.2) is 14.8 Å². The molecule has 0 aliphatic carbocycles. The fourth-order valence-corrected chi connectivity index (χ4v) is 3.65. The second-order valence-corrected chi connectivity index (χ2v) is 6.79. The van der Waals surface area contributed by atoms with E-state index in [9.17, 15) is 14.7 Å². The average Bonchev–Trinajstić information content (AvgIpc) is 3.26. The van der Waals surface area contributed by atoms with Crippen molar-refractivity contribution in [3.8, 4) is 5.13 Å². The van der Waals surface area contributed by atoms with Crippen LogP contribution >= 0.6 is 23.7 Å². The molecule has 0 saturated carbocycles. The van der Waals surface area contributed by atoms with Crippen molar-refractivity contribution in [1.29, 1.82) is 0 Å². The van der Waals surface area contributed by atoms with Crippen molar-refractivity contribution in [3.05, 3.63) is 45.8 Å². The van der Waals surface area contributed by atoms with Crippen LogP contribution in [-0.2, 0) is 0 Å². The summed E-state index contributed by atoms with van der Waals surface area (Å²) in [6.45, 7) is 1.50. The third kappa shape index (κ3) is 3.05. The summed E-state index contributed by atoms with van der Waals surface area (Å²) < 4.78 is 1.63. The SMILES string of the molecule is Cl.NC1CCN(c2cc3c(cn2)c(=O)c(C(=O)O)cn3-c2nccs2)C1. The number of carbonyl (C=O) groups is 1. The molecule has 1 unspecified atom stereocenters. The molecule has 10 heteroatoms. The second kappa shape index (κ2) is 7.02. The summed E-state index contributed by atoms with van der Waals surface area (Å²) in [4.78, 5) is 34.6. The van der Waals surface area contributed by atoms with Crippen LogP contribution in [0.1, 0.15) is 16.8 Å². The largest absolute Gasteiger partial charge is 0.477 e. The molecule has 0 amide bonds. The van der Waals surface area contributed by atoms with E-state index in [1.54, 1.807) is 22.2 Å². The first-order valence-electron chi connectivity index (χ1n) is 7.73. The number of halogens is 1. The Morgan fingerprint density at radius 2 is 2.19 bits per heavy atom. The quantitative estimate of drug-likeness (QED) is 0.692. The van der Waals surface area contributed by atoms with E-state index in [0.29, 0.717) is 23.0 Å². The van der Waals surface area contributed by atoms with E-state index in [4.69, 9.17) is 5.73 Å². The van der Waals surface area contributed by atoms with Gasteiger partial charge in [0, 0.05) is 49.2 Å². The number of thiazole rings is 1. The van der Waals surface area contributed by atoms with Crippen molar-refractivity contribution in [3.63, 3.8) is 0 Å². The van der Waals surface area contributed by atoms with Crippen LogP contribution in [0.4, 0.5) is 5.82 Å². The Kier molecular flexibility index (Phi) is 4.94. The molecule has 136 valence electrons. The van der Waals surface area contributed by atoms with Crippen LogP contribution in [0.15, 0.2) is 34.8 Å². The molecule has 4 rings (SSSR count). The van der Waals surface area contributed by atoms with E-state index in [2.05, 4.69) is 14.9 Å². The van der Waals surface area contributed by atoms with Gasteiger partial charge in [0.2, 0.25) is 5.43 Å². The molecule has 8 nitrogen and oxygen atoms in total. The molecule has 3 aromatic heterocycles. The van der Waals surface area contributed by atoms with Gasteiger partial charge in [0.25, 0.3) is 0 Å². The van der Waals surface area contributed by atoms with Gasteiger partial charge in [-0.1, -0.05) is 0 Å². The Labute approximate surface area is 158 Å². The molecule has 3 N–H and O–H groups in total. The van der Waals surface area contributed by atoms with E-state index < -0.39 is 11.4 Å². The molecular weight excluding hydrogens is 378 g/mol. The summed E-state index contributed by atoms with van der Waals surface area (Å²) in [5.41, 5.74) is 5.69. The fourth-order valence-electron chi connectivity index (χ4n) is 3.02. The van der Waals surface area contributed by atoms with Gasteiger partial charge in [0.15, 0.2) is 5.13 Å². The number of aromatic carboxylic acids is 1. The van der Waals surface area contributed by atoms with Crippen LogP contribution in [0.3, 0.4) is 0 Å². The molecular formula is C16H16ClN5O3S. The predicted molar refractivity (Wildman–Crippen MR) is 102 cm³/mol. The lowest BCUT2D eigenvalue weighted by Crippen LogP contribution is -2.27. The minimum absolute atomic E-state index is 0. The van der Waals surface area contributed by atoms with Crippen LogP contribution < -0.4 is 16.1 Å². The molecule has 0 spiro atoms. The highest BCUT2D eigenvalue weighted by molar-refractivity contribution is 7.12. The third-order valence-corrected chi connectivity index (χ3v) is 5.05. The van der Waals surface area contributed by atoms with Crippen molar-refractivity contribution in [2.24, 2.45) is 5.73 Å². The number of carboxylic acid groups (broad SMARTS) is 1. The van der Waals surface area contributed by atoms with E-state index in [1.807, 2.05) is 0 Å². The maximum Gasteiger partial charge on any atom is 0.341 e. The lowest BCUT2D eigenvalue weighted by molar-refractivity contribution is 0.0695. The van der Waals surface area contributed by atoms with Crippen molar-refractivity contribution in [2.45, 2.75) is 12.5 Å². The van der Waals surface area contributed by atoms with Crippen LogP contribution in [0, 0.1) is 0 Å². The van der Waals surface area contributed by atoms with Crippen LogP contribution in [0.2, 0.25) is 0 Å². The van der Waals surface area contributed by atoms with E-state index >= 15 is 0 Å². The number of aromatic nitrogens is 3. The van der Waals surface area contributed by atoms with Crippen molar-refractivity contribution >= 4 is 46.4 Å². The van der Waals surface area contributed by atoms with Crippen LogP contribution in [0.25, 0.3) is 16.0 Å². The molecule has 26 heavy (non-hydrogen) atoms. The standard InChI is InChI=1S/C16H15N5O3S.ClH/c17-9-1-3-20(7-9)13-5-12-10(6-19-13)14(22)11(15(23)24)8-21(12)16-18-2-4-25-16;/h2,4-6,8-9H,1,3,7,17H2,(H,23,24);1H. The summed E-state index contributed by atoms with van der Waals surface area (Å²) in [6, 6.07) is 1.90. The molecule has 4 heterocycles. The summed E-state index contributed by atoms with van der Waals surface area (Å²) in [7, 11) is 0. The lowest BCUT2D eigenvalue weighted by Gasteiger charge is -2.18. The summed E-state index contributed by atoms with van der Waals surface area (Å²) in [5, 5.41) is 12.0. The molecule has 1 aliphatic heterocycles. The lowest BCUT2D eigenvalue weighted by atomic mass is 10.2. The Bertz CT molecular complexity index is 1020. The zero-order chi connectivity index (χ0) is 17.6. The Hall–Kier alpha value is -2.49. The minimum Gasteiger partial charge on any atom is -0.477 e. The average molecular weight is 394 g/mol. The first kappa shape index (κ1) is 18.3. The zero-order valence-electron chi connectivity index (χ0n) is 13.5. The third-order valence-electron chi connectivity index (χ3n) is 4.28. The minimum atomic E-state index is -1.27. The van der Waals surface area contributed by atoms with Crippen molar-refractivity contribution in [2.75, 3.05) is 18.0 Å².